The van der Waals surface area contributed by atoms with Gasteiger partial charge in [0.2, 0.25) is 0 Å². The van der Waals surface area contributed by atoms with Crippen LogP contribution in [0.5, 0.6) is 5.75 Å². The zero-order chi connectivity index (χ0) is 20.1. The van der Waals surface area contributed by atoms with E-state index in [0.29, 0.717) is 22.2 Å². The van der Waals surface area contributed by atoms with Crippen molar-refractivity contribution in [1.29, 1.82) is 0 Å². The first-order valence-corrected chi connectivity index (χ1v) is 9.24. The number of hydrogen-bond donors (Lipinski definition) is 1. The molecule has 0 radical (unpaired) electrons. The summed E-state index contributed by atoms with van der Waals surface area (Å²) in [5.74, 6) is 0.114. The zero-order valence-electron chi connectivity index (χ0n) is 15.7. The van der Waals surface area contributed by atoms with Crippen LogP contribution in [0.15, 0.2) is 54.6 Å². The summed E-state index contributed by atoms with van der Waals surface area (Å²) in [5, 5.41) is 11.8. The van der Waals surface area contributed by atoms with Gasteiger partial charge in [0.05, 0.1) is 16.7 Å². The number of nitrogens with zero attached hydrogens (tertiary/aromatic N) is 2. The van der Waals surface area contributed by atoms with Crippen LogP contribution in [-0.2, 0) is 4.74 Å². The molecule has 6 heteroatoms. The van der Waals surface area contributed by atoms with E-state index in [1.165, 1.54) is 10.6 Å². The van der Waals surface area contributed by atoms with Gasteiger partial charge < -0.3 is 9.84 Å². The van der Waals surface area contributed by atoms with Gasteiger partial charge in [-0.25, -0.2) is 14.3 Å². The molecule has 0 aliphatic carbocycles. The molecule has 2 aromatic carbocycles. The first kappa shape index (κ1) is 18.3. The second kappa shape index (κ2) is 6.53. The Balaban J connectivity index is 2.00. The zero-order valence-corrected chi connectivity index (χ0v) is 16.5. The highest BCUT2D eigenvalue weighted by atomic mass is 35.5. The van der Waals surface area contributed by atoms with Crippen molar-refractivity contribution in [3.63, 3.8) is 0 Å². The maximum absolute atomic E-state index is 13.0. The molecule has 4 aromatic rings. The Morgan fingerprint density at radius 2 is 1.82 bits per heavy atom. The first-order valence-electron chi connectivity index (χ1n) is 8.86. The number of para-hydroxylation sites is 1. The molecule has 2 aromatic heterocycles. The van der Waals surface area contributed by atoms with Gasteiger partial charge in [-0.1, -0.05) is 29.8 Å². The Bertz CT molecular complexity index is 1220. The van der Waals surface area contributed by atoms with E-state index < -0.39 is 11.7 Å². The fourth-order valence-corrected chi connectivity index (χ4v) is 3.42. The molecule has 0 saturated heterocycles. The molecule has 5 nitrogen and oxygen atoms in total. The molecule has 0 fully saturated rings. The molecule has 0 saturated carbocycles. The van der Waals surface area contributed by atoms with Gasteiger partial charge in [0.15, 0.2) is 0 Å². The van der Waals surface area contributed by atoms with Crippen molar-refractivity contribution in [2.24, 2.45) is 0 Å². The first-order chi connectivity index (χ1) is 13.2. The maximum atomic E-state index is 13.0. The lowest BCUT2D eigenvalue weighted by Crippen LogP contribution is -2.27. The third-order valence-electron chi connectivity index (χ3n) is 4.31. The number of carbonyl (C=O) groups is 1. The minimum Gasteiger partial charge on any atom is -0.508 e. The Labute approximate surface area is 167 Å². The molecule has 0 bridgehead atoms. The molecule has 0 aliphatic rings. The van der Waals surface area contributed by atoms with Crippen LogP contribution < -0.4 is 0 Å². The molecular weight excluding hydrogens is 376 g/mol. The number of ether oxygens (including phenoxy) is 1. The second-order valence-electron chi connectivity index (χ2n) is 7.61. The van der Waals surface area contributed by atoms with Crippen molar-refractivity contribution in [3.05, 3.63) is 59.8 Å². The summed E-state index contributed by atoms with van der Waals surface area (Å²) in [7, 11) is 0. The highest BCUT2D eigenvalue weighted by molar-refractivity contribution is 6.32. The Morgan fingerprint density at radius 3 is 2.57 bits per heavy atom. The number of benzene rings is 2. The van der Waals surface area contributed by atoms with Crippen molar-refractivity contribution in [2.45, 2.75) is 26.4 Å². The van der Waals surface area contributed by atoms with E-state index in [9.17, 15) is 9.90 Å². The number of aromatic hydroxyl groups is 1. The quantitative estimate of drug-likeness (QED) is 0.402. The van der Waals surface area contributed by atoms with Crippen LogP contribution in [0.3, 0.4) is 0 Å². The van der Waals surface area contributed by atoms with Crippen molar-refractivity contribution in [1.82, 2.24) is 9.55 Å². The Kier molecular flexibility index (Phi) is 4.27. The van der Waals surface area contributed by atoms with Gasteiger partial charge in [-0.3, -0.25) is 0 Å². The topological polar surface area (TPSA) is 64.4 Å². The number of aromatic nitrogens is 2. The molecule has 28 heavy (non-hydrogen) atoms. The van der Waals surface area contributed by atoms with Gasteiger partial charge >= 0.3 is 6.09 Å². The molecule has 142 valence electrons. The predicted octanol–water partition coefficient (Wildman–Crippen LogP) is 6.00. The summed E-state index contributed by atoms with van der Waals surface area (Å²) in [6.45, 7) is 5.44. The summed E-state index contributed by atoms with van der Waals surface area (Å²) in [6, 6.07) is 16.2. The van der Waals surface area contributed by atoms with Crippen LogP contribution in [-0.4, -0.2) is 26.4 Å². The summed E-state index contributed by atoms with van der Waals surface area (Å²) >= 11 is 6.48. The molecule has 0 unspecified atom stereocenters. The molecule has 4 rings (SSSR count). The number of rotatable bonds is 1. The third-order valence-corrected chi connectivity index (χ3v) is 4.60. The highest BCUT2D eigenvalue weighted by Crippen LogP contribution is 2.35. The third kappa shape index (κ3) is 3.29. The average Bonchev–Trinajstić information content (AvgIpc) is 2.98. The molecule has 2 heterocycles. The fraction of sp³-hybridized carbons (Fsp3) is 0.182. The number of pyridine rings is 1. The molecule has 0 atom stereocenters. The van der Waals surface area contributed by atoms with Gasteiger partial charge in [-0.2, -0.15) is 0 Å². The summed E-state index contributed by atoms with van der Waals surface area (Å²) in [6.07, 6.45) is -0.521. The van der Waals surface area contributed by atoms with Crippen LogP contribution >= 0.6 is 11.6 Å². The van der Waals surface area contributed by atoms with Crippen LogP contribution in [0.25, 0.3) is 33.1 Å². The number of fused-ring (bicyclic) bond motifs is 2. The van der Waals surface area contributed by atoms with Gasteiger partial charge in [-0.15, -0.1) is 0 Å². The van der Waals surface area contributed by atoms with Crippen LogP contribution in [0.2, 0.25) is 5.15 Å². The number of carbonyl (C=O) groups excluding carboxylic acids is 1. The predicted molar refractivity (Wildman–Crippen MR) is 111 cm³/mol. The second-order valence-corrected chi connectivity index (χ2v) is 7.97. The Hall–Kier alpha value is -3.05. The van der Waals surface area contributed by atoms with Gasteiger partial charge in [0, 0.05) is 16.3 Å². The normalized spacial score (nSPS) is 11.9. The van der Waals surface area contributed by atoms with E-state index in [1.54, 1.807) is 18.2 Å². The van der Waals surface area contributed by atoms with Crippen LogP contribution in [0.1, 0.15) is 20.8 Å². The monoisotopic (exact) mass is 394 g/mol. The average molecular weight is 395 g/mol. The lowest BCUT2D eigenvalue weighted by atomic mass is 10.1. The van der Waals surface area contributed by atoms with Gasteiger partial charge in [0.1, 0.15) is 16.5 Å². The summed E-state index contributed by atoms with van der Waals surface area (Å²) in [5.41, 5.74) is 1.90. The van der Waals surface area contributed by atoms with E-state index in [1.807, 2.05) is 51.1 Å². The summed E-state index contributed by atoms with van der Waals surface area (Å²) in [4.78, 5) is 17.5. The van der Waals surface area contributed by atoms with E-state index in [-0.39, 0.29) is 10.9 Å². The Morgan fingerprint density at radius 1 is 1.07 bits per heavy atom. The molecule has 0 spiro atoms. The number of hydrogen-bond acceptors (Lipinski definition) is 4. The summed E-state index contributed by atoms with van der Waals surface area (Å²) < 4.78 is 7.08. The van der Waals surface area contributed by atoms with Crippen molar-refractivity contribution >= 4 is 39.5 Å². The molecule has 0 aliphatic heterocycles. The molecule has 0 amide bonds. The molecular formula is C22H19ClN2O3. The minimum absolute atomic E-state index is 0.114. The maximum Gasteiger partial charge on any atom is 0.419 e. The molecule has 1 N–H and O–H groups in total. The SMILES string of the molecule is CC(C)(C)OC(=O)n1c(-c2cc3ccccc3nc2Cl)cc2cc(O)ccc21. The highest BCUT2D eigenvalue weighted by Gasteiger charge is 2.24. The largest absolute Gasteiger partial charge is 0.508 e. The van der Waals surface area contributed by atoms with Gasteiger partial charge in [-0.05, 0) is 57.2 Å². The lowest BCUT2D eigenvalue weighted by molar-refractivity contribution is 0.0547. The number of phenols is 1. The van der Waals surface area contributed by atoms with Crippen LogP contribution in [0, 0.1) is 0 Å². The number of halogens is 1. The van der Waals surface area contributed by atoms with Crippen molar-refractivity contribution in [3.8, 4) is 17.0 Å². The van der Waals surface area contributed by atoms with Crippen molar-refractivity contribution < 1.29 is 14.6 Å². The van der Waals surface area contributed by atoms with E-state index in [0.717, 1.165) is 10.9 Å². The lowest BCUT2D eigenvalue weighted by Gasteiger charge is -2.21. The smallest absolute Gasteiger partial charge is 0.419 e. The van der Waals surface area contributed by atoms with Crippen molar-refractivity contribution in [2.75, 3.05) is 0 Å². The van der Waals surface area contributed by atoms with E-state index >= 15 is 0 Å². The van der Waals surface area contributed by atoms with Gasteiger partial charge in [0.25, 0.3) is 0 Å². The fourth-order valence-electron chi connectivity index (χ4n) is 3.18. The van der Waals surface area contributed by atoms with E-state index in [4.69, 9.17) is 16.3 Å². The van der Waals surface area contributed by atoms with Crippen LogP contribution in [0.4, 0.5) is 4.79 Å². The van der Waals surface area contributed by atoms with E-state index in [2.05, 4.69) is 4.98 Å². The minimum atomic E-state index is -0.659. The number of phenolic OH excluding ortho intramolecular Hbond substituents is 1. The standard InChI is InChI=1S/C22H19ClN2O3/c1-22(2,3)28-21(27)25-18-9-8-15(26)10-14(18)12-19(25)16-11-13-6-4-5-7-17(13)24-20(16)23/h4-12,26H,1-3H3.